The minimum absolute atomic E-state index is 0.241. The summed E-state index contributed by atoms with van der Waals surface area (Å²) in [7, 11) is 0. The molecule has 5 rings (SSSR count). The van der Waals surface area contributed by atoms with Crippen molar-refractivity contribution in [2.45, 2.75) is 6.42 Å². The highest BCUT2D eigenvalue weighted by Gasteiger charge is 2.82. The molecule has 5 fully saturated rings. The van der Waals surface area contributed by atoms with Crippen molar-refractivity contribution >= 4 is 46.1 Å². The van der Waals surface area contributed by atoms with Gasteiger partial charge in [-0.15, -0.1) is 0 Å². The van der Waals surface area contributed by atoms with Gasteiger partial charge in [0, 0.05) is 35.1 Å². The molecule has 5 saturated carbocycles. The lowest BCUT2D eigenvalue weighted by atomic mass is 9.59. The first-order chi connectivity index (χ1) is 10.1. The summed E-state index contributed by atoms with van der Waals surface area (Å²) in [6.07, 6.45) is 1.33. The van der Waals surface area contributed by atoms with Crippen LogP contribution in [-0.4, -0.2) is 21.6 Å². The van der Waals surface area contributed by atoms with Crippen molar-refractivity contribution in [3.8, 4) is 0 Å². The molecule has 0 unspecified atom stereocenters. The fourth-order valence-electron chi connectivity index (χ4n) is 6.40. The van der Waals surface area contributed by atoms with E-state index in [2.05, 4.69) is 21.1 Å². The van der Waals surface area contributed by atoms with Gasteiger partial charge in [-0.1, -0.05) is 0 Å². The van der Waals surface area contributed by atoms with E-state index < -0.39 is 0 Å². The van der Waals surface area contributed by atoms with Crippen LogP contribution in [0.3, 0.4) is 0 Å². The van der Waals surface area contributed by atoms with Crippen LogP contribution in [-0.2, 0) is 0 Å². The molecule has 8 heteroatoms. The van der Waals surface area contributed by atoms with E-state index in [1.54, 1.807) is 0 Å². The Kier molecular flexibility index (Phi) is 2.18. The molecule has 0 aromatic rings. The maximum Gasteiger partial charge on any atom is 0.184 e. The molecule has 6 N–H and O–H groups in total. The van der Waals surface area contributed by atoms with Crippen molar-refractivity contribution < 1.29 is 0 Å². The first-order valence-corrected chi connectivity index (χ1v) is 8.17. The van der Waals surface area contributed by atoms with Crippen molar-refractivity contribution in [1.82, 2.24) is 10.9 Å². The largest absolute Gasteiger partial charge is 0.375 e. The average Bonchev–Trinajstić information content (AvgIpc) is 2.91. The lowest BCUT2D eigenvalue weighted by Gasteiger charge is -2.44. The topological polar surface area (TPSA) is 101 Å². The van der Waals surface area contributed by atoms with Crippen LogP contribution in [0.1, 0.15) is 6.42 Å². The zero-order chi connectivity index (χ0) is 14.5. The standard InChI is InChI=1S/C13H16N6S2/c14-12(20)18-16-10-6-2-1-3-5-4(2)8(10)9(5)11(7(3)6)17-19-13(15)21/h2-9H,1H2,(H3,14,18,20)(H3,15,19,21)/b16-10-,17-11-/t2-,3+,4-,5-,6+,7-,8+,9+/m1/s1. The van der Waals surface area contributed by atoms with Gasteiger partial charge in [-0.25, -0.2) is 0 Å². The second-order valence-electron chi connectivity index (χ2n) is 6.85. The van der Waals surface area contributed by atoms with Gasteiger partial charge < -0.3 is 11.5 Å². The number of nitrogens with zero attached hydrogens (tertiary/aromatic N) is 2. The molecule has 0 aromatic heterocycles. The average molecular weight is 320 g/mol. The molecule has 0 heterocycles. The molecule has 0 amide bonds. The Labute approximate surface area is 132 Å². The van der Waals surface area contributed by atoms with Crippen molar-refractivity contribution in [3.63, 3.8) is 0 Å². The number of hydrogen-bond acceptors (Lipinski definition) is 4. The van der Waals surface area contributed by atoms with Gasteiger partial charge in [-0.2, -0.15) is 10.2 Å². The van der Waals surface area contributed by atoms with Crippen molar-refractivity contribution in [1.29, 1.82) is 0 Å². The molecule has 5 aliphatic rings. The molecule has 0 aliphatic heterocycles. The second-order valence-corrected chi connectivity index (χ2v) is 7.73. The summed E-state index contributed by atoms with van der Waals surface area (Å²) in [5.74, 6) is 5.30. The summed E-state index contributed by atoms with van der Waals surface area (Å²) in [5.41, 5.74) is 19.2. The van der Waals surface area contributed by atoms with Crippen LogP contribution in [0.2, 0.25) is 0 Å². The van der Waals surface area contributed by atoms with Gasteiger partial charge in [-0.05, 0) is 54.5 Å². The van der Waals surface area contributed by atoms with E-state index in [1.807, 2.05) is 0 Å². The Hall–Kier alpha value is -1.28. The number of thiocarbonyl (C=S) groups is 2. The lowest BCUT2D eigenvalue weighted by Crippen LogP contribution is -2.49. The number of rotatable bonds is 2. The summed E-state index contributed by atoms with van der Waals surface area (Å²) in [6, 6.07) is 0. The Morgan fingerprint density at radius 3 is 1.67 bits per heavy atom. The first-order valence-electron chi connectivity index (χ1n) is 7.35. The number of nitrogens with one attached hydrogen (secondary N) is 2. The smallest absolute Gasteiger partial charge is 0.184 e. The third kappa shape index (κ3) is 1.25. The molecular formula is C13H16N6S2. The molecule has 0 spiro atoms. The van der Waals surface area contributed by atoms with Gasteiger partial charge in [0.25, 0.3) is 0 Å². The molecule has 110 valence electrons. The van der Waals surface area contributed by atoms with Crippen LogP contribution >= 0.6 is 24.4 Å². The van der Waals surface area contributed by atoms with Crippen LogP contribution in [0.4, 0.5) is 0 Å². The molecule has 0 saturated heterocycles. The van der Waals surface area contributed by atoms with Crippen molar-refractivity contribution in [2.24, 2.45) is 69.0 Å². The zero-order valence-electron chi connectivity index (χ0n) is 11.2. The molecule has 6 nitrogen and oxygen atoms in total. The fourth-order valence-corrected chi connectivity index (χ4v) is 6.49. The van der Waals surface area contributed by atoms with Gasteiger partial charge in [0.15, 0.2) is 10.2 Å². The highest BCUT2D eigenvalue weighted by atomic mass is 32.1. The maximum absolute atomic E-state index is 5.52. The van der Waals surface area contributed by atoms with Crippen LogP contribution in [0.25, 0.3) is 0 Å². The summed E-state index contributed by atoms with van der Waals surface area (Å²) in [5, 5.41) is 9.57. The third-order valence-corrected chi connectivity index (χ3v) is 6.64. The summed E-state index contributed by atoms with van der Waals surface area (Å²) in [6.45, 7) is 0. The predicted octanol–water partition coefficient (Wildman–Crippen LogP) is -0.248. The van der Waals surface area contributed by atoms with E-state index in [0.29, 0.717) is 23.7 Å². The van der Waals surface area contributed by atoms with Gasteiger partial charge >= 0.3 is 0 Å². The van der Waals surface area contributed by atoms with Gasteiger partial charge in [0.2, 0.25) is 0 Å². The Bertz CT molecular complexity index is 585. The summed E-state index contributed by atoms with van der Waals surface area (Å²) in [4.78, 5) is 0. The predicted molar refractivity (Wildman–Crippen MR) is 87.2 cm³/mol. The maximum atomic E-state index is 5.52. The van der Waals surface area contributed by atoms with Crippen molar-refractivity contribution in [2.75, 3.05) is 0 Å². The second kappa shape index (κ2) is 3.73. The third-order valence-electron chi connectivity index (χ3n) is 6.46. The minimum Gasteiger partial charge on any atom is -0.375 e. The Morgan fingerprint density at radius 2 is 1.29 bits per heavy atom. The van der Waals surface area contributed by atoms with E-state index in [9.17, 15) is 0 Å². The van der Waals surface area contributed by atoms with E-state index >= 15 is 0 Å². The van der Waals surface area contributed by atoms with Crippen LogP contribution in [0, 0.1) is 47.3 Å². The Morgan fingerprint density at radius 1 is 0.857 bits per heavy atom. The van der Waals surface area contributed by atoms with E-state index in [4.69, 9.17) is 35.9 Å². The SMILES string of the molecule is NC(=S)N/N=C1/[C@@H]2[C@H]3C[C@H]4[C@@H]2/C(=N/NC(N)=S)[C@@H]2[C@@H]1[C@H]3[C@@H]42. The summed E-state index contributed by atoms with van der Waals surface area (Å²) >= 11 is 9.75. The molecule has 0 aromatic carbocycles. The van der Waals surface area contributed by atoms with Crippen LogP contribution < -0.4 is 22.3 Å². The molecule has 5 aliphatic carbocycles. The van der Waals surface area contributed by atoms with E-state index in [1.165, 1.54) is 17.8 Å². The van der Waals surface area contributed by atoms with Crippen molar-refractivity contribution in [3.05, 3.63) is 0 Å². The molecule has 21 heavy (non-hydrogen) atoms. The molecular weight excluding hydrogens is 304 g/mol. The van der Waals surface area contributed by atoms with E-state index in [-0.39, 0.29) is 10.2 Å². The van der Waals surface area contributed by atoms with Crippen LogP contribution in [0.5, 0.6) is 0 Å². The normalized spacial score (nSPS) is 53.5. The molecule has 0 radical (unpaired) electrons. The lowest BCUT2D eigenvalue weighted by molar-refractivity contribution is 0.0654. The highest BCUT2D eigenvalue weighted by Crippen LogP contribution is 2.80. The fraction of sp³-hybridized carbons (Fsp3) is 0.692. The zero-order valence-corrected chi connectivity index (χ0v) is 12.8. The minimum atomic E-state index is 0.241. The highest BCUT2D eigenvalue weighted by molar-refractivity contribution is 7.80. The number of hydrogen-bond donors (Lipinski definition) is 4. The summed E-state index contributed by atoms with van der Waals surface area (Å²) < 4.78 is 0. The number of hydrazone groups is 2. The monoisotopic (exact) mass is 320 g/mol. The van der Waals surface area contributed by atoms with Gasteiger partial charge in [-0.3, -0.25) is 10.9 Å². The number of nitrogens with two attached hydrogens (primary N) is 2. The Balaban J connectivity index is 1.54. The quantitative estimate of drug-likeness (QED) is 0.414. The molecule has 8 atom stereocenters. The molecule has 2 bridgehead atoms. The first kappa shape index (κ1) is 12.3. The van der Waals surface area contributed by atoms with Gasteiger partial charge in [0.05, 0.1) is 0 Å². The number of fused-ring (bicyclic) bond motifs is 2. The van der Waals surface area contributed by atoms with E-state index in [0.717, 1.165) is 23.7 Å². The van der Waals surface area contributed by atoms with Crippen LogP contribution in [0.15, 0.2) is 10.2 Å². The van der Waals surface area contributed by atoms with Gasteiger partial charge in [0.1, 0.15) is 0 Å².